The van der Waals surface area contributed by atoms with Crippen LogP contribution in [0.2, 0.25) is 0 Å². The van der Waals surface area contributed by atoms with Crippen LogP contribution in [0.1, 0.15) is 18.1 Å². The zero-order valence-electron chi connectivity index (χ0n) is 9.12. The Labute approximate surface area is 89.7 Å². The summed E-state index contributed by atoms with van der Waals surface area (Å²) in [7, 11) is 0. The van der Waals surface area contributed by atoms with Gasteiger partial charge in [0, 0.05) is 6.54 Å². The minimum absolute atomic E-state index is 0.231. The SMILES string of the molecule is CCOC(=O)N1CCc2cccc(C)c21. The number of carbonyl (C=O) groups is 1. The fourth-order valence-electron chi connectivity index (χ4n) is 2.04. The standard InChI is InChI=1S/C12H15NO2/c1-3-15-12(14)13-8-7-10-6-4-5-9(2)11(10)13/h4-6H,3,7-8H2,1-2H3. The van der Waals surface area contributed by atoms with Crippen LogP contribution in [0.25, 0.3) is 0 Å². The van der Waals surface area contributed by atoms with Crippen LogP contribution in [0.4, 0.5) is 10.5 Å². The van der Waals surface area contributed by atoms with Crippen molar-refractivity contribution in [1.29, 1.82) is 0 Å². The fourth-order valence-corrected chi connectivity index (χ4v) is 2.04. The lowest BCUT2D eigenvalue weighted by atomic mass is 10.1. The van der Waals surface area contributed by atoms with Gasteiger partial charge in [0.05, 0.1) is 12.3 Å². The van der Waals surface area contributed by atoms with Crippen molar-refractivity contribution in [3.8, 4) is 0 Å². The average molecular weight is 205 g/mol. The Hall–Kier alpha value is -1.51. The molecule has 1 heterocycles. The molecule has 0 N–H and O–H groups in total. The van der Waals surface area contributed by atoms with Crippen molar-refractivity contribution < 1.29 is 9.53 Å². The topological polar surface area (TPSA) is 29.5 Å². The van der Waals surface area contributed by atoms with E-state index in [0.29, 0.717) is 6.61 Å². The highest BCUT2D eigenvalue weighted by Gasteiger charge is 2.26. The molecule has 0 radical (unpaired) electrons. The molecule has 3 nitrogen and oxygen atoms in total. The molecule has 1 amide bonds. The lowest BCUT2D eigenvalue weighted by Gasteiger charge is -2.18. The minimum Gasteiger partial charge on any atom is -0.449 e. The van der Waals surface area contributed by atoms with Gasteiger partial charge in [-0.15, -0.1) is 0 Å². The zero-order chi connectivity index (χ0) is 10.8. The maximum atomic E-state index is 11.7. The van der Waals surface area contributed by atoms with Gasteiger partial charge in [-0.1, -0.05) is 18.2 Å². The van der Waals surface area contributed by atoms with Crippen molar-refractivity contribution in [2.24, 2.45) is 0 Å². The van der Waals surface area contributed by atoms with Gasteiger partial charge < -0.3 is 4.74 Å². The normalized spacial score (nSPS) is 13.9. The summed E-state index contributed by atoms with van der Waals surface area (Å²) in [4.78, 5) is 13.4. The molecule has 15 heavy (non-hydrogen) atoms. The number of rotatable bonds is 1. The maximum absolute atomic E-state index is 11.7. The number of anilines is 1. The van der Waals surface area contributed by atoms with Gasteiger partial charge in [-0.05, 0) is 31.4 Å². The van der Waals surface area contributed by atoms with Crippen LogP contribution in [-0.2, 0) is 11.2 Å². The molecule has 1 aliphatic heterocycles. The van der Waals surface area contributed by atoms with E-state index in [9.17, 15) is 4.79 Å². The third kappa shape index (κ3) is 1.69. The molecule has 0 spiro atoms. The highest BCUT2D eigenvalue weighted by atomic mass is 16.6. The number of benzene rings is 1. The van der Waals surface area contributed by atoms with Crippen LogP contribution in [-0.4, -0.2) is 19.2 Å². The molecule has 80 valence electrons. The van der Waals surface area contributed by atoms with Crippen LogP contribution in [0.5, 0.6) is 0 Å². The largest absolute Gasteiger partial charge is 0.449 e. The molecule has 2 rings (SSSR count). The number of hydrogen-bond acceptors (Lipinski definition) is 2. The molecule has 0 atom stereocenters. The molecule has 0 aromatic heterocycles. The van der Waals surface area contributed by atoms with E-state index in [2.05, 4.69) is 6.07 Å². The van der Waals surface area contributed by atoms with Gasteiger partial charge in [-0.25, -0.2) is 4.79 Å². The first kappa shape index (κ1) is 10.0. The van der Waals surface area contributed by atoms with Crippen molar-refractivity contribution in [3.63, 3.8) is 0 Å². The Bertz CT molecular complexity index is 387. The van der Waals surface area contributed by atoms with Gasteiger partial charge in [-0.3, -0.25) is 4.90 Å². The van der Waals surface area contributed by atoms with Gasteiger partial charge >= 0.3 is 6.09 Å². The van der Waals surface area contributed by atoms with Gasteiger partial charge in [0.2, 0.25) is 0 Å². The van der Waals surface area contributed by atoms with E-state index in [4.69, 9.17) is 4.74 Å². The predicted molar refractivity (Wildman–Crippen MR) is 59.3 cm³/mol. The Morgan fingerprint density at radius 1 is 1.53 bits per heavy atom. The summed E-state index contributed by atoms with van der Waals surface area (Å²) < 4.78 is 5.02. The summed E-state index contributed by atoms with van der Waals surface area (Å²) in [5.74, 6) is 0. The molecule has 0 saturated heterocycles. The summed E-state index contributed by atoms with van der Waals surface area (Å²) in [6.45, 7) is 5.01. The number of hydrogen-bond donors (Lipinski definition) is 0. The lowest BCUT2D eigenvalue weighted by molar-refractivity contribution is 0.160. The average Bonchev–Trinajstić information content (AvgIpc) is 2.63. The first-order valence-electron chi connectivity index (χ1n) is 5.27. The second kappa shape index (κ2) is 3.93. The highest BCUT2D eigenvalue weighted by molar-refractivity contribution is 5.91. The van der Waals surface area contributed by atoms with Gasteiger partial charge in [0.1, 0.15) is 0 Å². The van der Waals surface area contributed by atoms with E-state index in [1.54, 1.807) is 4.90 Å². The summed E-state index contributed by atoms with van der Waals surface area (Å²) >= 11 is 0. The molecule has 1 aromatic rings. The van der Waals surface area contributed by atoms with Gasteiger partial charge in [-0.2, -0.15) is 0 Å². The molecule has 0 bridgehead atoms. The summed E-state index contributed by atoms with van der Waals surface area (Å²) in [6, 6.07) is 6.13. The van der Waals surface area contributed by atoms with Crippen LogP contribution in [0, 0.1) is 6.92 Å². The molecule has 0 aliphatic carbocycles. The van der Waals surface area contributed by atoms with Crippen molar-refractivity contribution in [2.75, 3.05) is 18.1 Å². The molecule has 3 heteroatoms. The number of fused-ring (bicyclic) bond motifs is 1. The lowest BCUT2D eigenvalue weighted by Crippen LogP contribution is -2.30. The second-order valence-electron chi connectivity index (χ2n) is 3.68. The summed E-state index contributed by atoms with van der Waals surface area (Å²) in [5.41, 5.74) is 3.41. The van der Waals surface area contributed by atoms with Crippen molar-refractivity contribution >= 4 is 11.8 Å². The molecule has 0 fully saturated rings. The number of aryl methyl sites for hydroxylation is 1. The molecule has 0 saturated carbocycles. The zero-order valence-corrected chi connectivity index (χ0v) is 9.12. The number of amides is 1. The van der Waals surface area contributed by atoms with E-state index in [-0.39, 0.29) is 6.09 Å². The quantitative estimate of drug-likeness (QED) is 0.705. The van der Waals surface area contributed by atoms with E-state index >= 15 is 0 Å². The van der Waals surface area contributed by atoms with Crippen molar-refractivity contribution in [2.45, 2.75) is 20.3 Å². The monoisotopic (exact) mass is 205 g/mol. The third-order valence-corrected chi connectivity index (χ3v) is 2.68. The minimum atomic E-state index is -0.231. The molecule has 0 unspecified atom stereocenters. The van der Waals surface area contributed by atoms with E-state index in [1.807, 2.05) is 26.0 Å². The Balaban J connectivity index is 2.31. The Kier molecular flexibility index (Phi) is 2.62. The third-order valence-electron chi connectivity index (χ3n) is 2.68. The predicted octanol–water partition coefficient (Wildman–Crippen LogP) is 2.51. The van der Waals surface area contributed by atoms with Crippen molar-refractivity contribution in [3.05, 3.63) is 29.3 Å². The van der Waals surface area contributed by atoms with Crippen LogP contribution in [0.15, 0.2) is 18.2 Å². The van der Waals surface area contributed by atoms with Gasteiger partial charge in [0.25, 0.3) is 0 Å². The first-order chi connectivity index (χ1) is 7.24. The van der Waals surface area contributed by atoms with Crippen LogP contribution >= 0.6 is 0 Å². The Morgan fingerprint density at radius 3 is 3.07 bits per heavy atom. The smallest absolute Gasteiger partial charge is 0.414 e. The van der Waals surface area contributed by atoms with E-state index in [1.165, 1.54) is 5.56 Å². The molecular weight excluding hydrogens is 190 g/mol. The number of carbonyl (C=O) groups excluding carboxylic acids is 1. The molecular formula is C12H15NO2. The second-order valence-corrected chi connectivity index (χ2v) is 3.68. The maximum Gasteiger partial charge on any atom is 0.414 e. The van der Waals surface area contributed by atoms with Crippen LogP contribution in [0.3, 0.4) is 0 Å². The first-order valence-corrected chi connectivity index (χ1v) is 5.27. The van der Waals surface area contributed by atoms with Crippen LogP contribution < -0.4 is 4.90 Å². The fraction of sp³-hybridized carbons (Fsp3) is 0.417. The Morgan fingerprint density at radius 2 is 2.33 bits per heavy atom. The van der Waals surface area contributed by atoms with E-state index in [0.717, 1.165) is 24.2 Å². The highest BCUT2D eigenvalue weighted by Crippen LogP contribution is 2.31. The van der Waals surface area contributed by atoms with Crippen molar-refractivity contribution in [1.82, 2.24) is 0 Å². The number of nitrogens with zero attached hydrogens (tertiary/aromatic N) is 1. The summed E-state index contributed by atoms with van der Waals surface area (Å²) in [6.07, 6.45) is 0.695. The number of para-hydroxylation sites is 1. The molecule has 1 aliphatic rings. The van der Waals surface area contributed by atoms with Gasteiger partial charge in [0.15, 0.2) is 0 Å². The molecule has 1 aromatic carbocycles. The van der Waals surface area contributed by atoms with E-state index < -0.39 is 0 Å². The number of ether oxygens (including phenoxy) is 1. The summed E-state index contributed by atoms with van der Waals surface area (Å²) in [5, 5.41) is 0.